The molecular formula is C15H22N4OS. The maximum Gasteiger partial charge on any atom is 0.215 e. The van der Waals surface area contributed by atoms with Crippen molar-refractivity contribution in [1.29, 1.82) is 0 Å². The molecule has 0 atom stereocenters. The van der Waals surface area contributed by atoms with E-state index in [0.717, 1.165) is 17.7 Å². The number of fused-ring (bicyclic) bond motifs is 1. The summed E-state index contributed by atoms with van der Waals surface area (Å²) in [5.41, 5.74) is 7.80. The van der Waals surface area contributed by atoms with Crippen molar-refractivity contribution in [2.45, 2.75) is 43.4 Å². The second-order valence-electron chi connectivity index (χ2n) is 5.70. The van der Waals surface area contributed by atoms with E-state index in [1.807, 2.05) is 23.9 Å². The fraction of sp³-hybridized carbons (Fsp3) is 0.600. The number of nitrogens with zero attached hydrogens (tertiary/aromatic N) is 3. The third-order valence-corrected chi connectivity index (χ3v) is 5.85. The summed E-state index contributed by atoms with van der Waals surface area (Å²) in [6.07, 6.45) is 8.60. The monoisotopic (exact) mass is 306 g/mol. The van der Waals surface area contributed by atoms with Gasteiger partial charge in [0.25, 0.3) is 0 Å². The molecule has 0 aromatic carbocycles. The Bertz CT molecular complexity index is 634. The van der Waals surface area contributed by atoms with Crippen LogP contribution in [-0.2, 0) is 6.54 Å². The number of pyridine rings is 1. The molecule has 0 amide bonds. The highest BCUT2D eigenvalue weighted by Gasteiger charge is 2.33. The average Bonchev–Trinajstić information content (AvgIpc) is 2.83. The highest BCUT2D eigenvalue weighted by atomic mass is 32.2. The standard InChI is InChI=1S/C15H22N4OS/c1-20-12-7-6-11-13(18-12)19(14(16)17-11)10-15(21-2)8-4-3-5-9-15/h6-7H,3-5,8-10H2,1-2H3,(H2,16,17). The molecule has 1 aliphatic rings. The number of ether oxygens (including phenoxy) is 1. The molecule has 5 nitrogen and oxygen atoms in total. The lowest BCUT2D eigenvalue weighted by Gasteiger charge is -2.36. The summed E-state index contributed by atoms with van der Waals surface area (Å²) in [7, 11) is 1.63. The van der Waals surface area contributed by atoms with Crippen LogP contribution in [0.25, 0.3) is 11.2 Å². The Hall–Kier alpha value is -1.43. The summed E-state index contributed by atoms with van der Waals surface area (Å²) in [6, 6.07) is 3.74. The van der Waals surface area contributed by atoms with E-state index in [4.69, 9.17) is 10.5 Å². The molecule has 1 saturated carbocycles. The van der Waals surface area contributed by atoms with E-state index in [0.29, 0.717) is 11.8 Å². The van der Waals surface area contributed by atoms with Crippen LogP contribution in [0.3, 0.4) is 0 Å². The van der Waals surface area contributed by atoms with E-state index in [9.17, 15) is 0 Å². The molecule has 0 spiro atoms. The number of imidazole rings is 1. The molecule has 0 bridgehead atoms. The number of hydrogen-bond donors (Lipinski definition) is 1. The zero-order valence-corrected chi connectivity index (χ0v) is 13.4. The molecule has 0 unspecified atom stereocenters. The quantitative estimate of drug-likeness (QED) is 0.940. The van der Waals surface area contributed by atoms with Crippen LogP contribution < -0.4 is 10.5 Å². The molecular weight excluding hydrogens is 284 g/mol. The van der Waals surface area contributed by atoms with Crippen molar-refractivity contribution in [3.05, 3.63) is 12.1 Å². The summed E-state index contributed by atoms with van der Waals surface area (Å²) in [5, 5.41) is 0. The van der Waals surface area contributed by atoms with Gasteiger partial charge >= 0.3 is 0 Å². The van der Waals surface area contributed by atoms with Crippen LogP contribution in [0.15, 0.2) is 12.1 Å². The minimum absolute atomic E-state index is 0.255. The first-order chi connectivity index (χ1) is 10.2. The smallest absolute Gasteiger partial charge is 0.215 e. The van der Waals surface area contributed by atoms with Gasteiger partial charge in [0.05, 0.1) is 7.11 Å². The number of rotatable bonds is 4. The van der Waals surface area contributed by atoms with Crippen LogP contribution in [-0.4, -0.2) is 32.6 Å². The van der Waals surface area contributed by atoms with Crippen LogP contribution in [0.1, 0.15) is 32.1 Å². The molecule has 2 aromatic rings. The zero-order valence-electron chi connectivity index (χ0n) is 12.6. The molecule has 2 heterocycles. The molecule has 21 heavy (non-hydrogen) atoms. The van der Waals surface area contributed by atoms with Gasteiger partial charge in [-0.1, -0.05) is 19.3 Å². The lowest BCUT2D eigenvalue weighted by molar-refractivity contribution is 0.361. The van der Waals surface area contributed by atoms with Gasteiger partial charge in [0.1, 0.15) is 5.52 Å². The summed E-state index contributed by atoms with van der Waals surface area (Å²) in [4.78, 5) is 8.97. The third kappa shape index (κ3) is 2.69. The first-order valence-electron chi connectivity index (χ1n) is 7.39. The van der Waals surface area contributed by atoms with Crippen LogP contribution in [0.4, 0.5) is 5.95 Å². The van der Waals surface area contributed by atoms with E-state index in [2.05, 4.69) is 20.8 Å². The van der Waals surface area contributed by atoms with Crippen molar-refractivity contribution < 1.29 is 4.74 Å². The lowest BCUT2D eigenvalue weighted by Crippen LogP contribution is -2.33. The minimum Gasteiger partial charge on any atom is -0.481 e. The van der Waals surface area contributed by atoms with Crippen LogP contribution in [0.5, 0.6) is 5.88 Å². The van der Waals surface area contributed by atoms with Gasteiger partial charge in [0.2, 0.25) is 11.8 Å². The van der Waals surface area contributed by atoms with E-state index in [1.54, 1.807) is 7.11 Å². The summed E-state index contributed by atoms with van der Waals surface area (Å²) in [5.74, 6) is 1.15. The Kier molecular flexibility index (Phi) is 3.97. The molecule has 0 aliphatic heterocycles. The normalized spacial score (nSPS) is 18.0. The van der Waals surface area contributed by atoms with Crippen molar-refractivity contribution in [3.63, 3.8) is 0 Å². The Morgan fingerprint density at radius 2 is 2.05 bits per heavy atom. The minimum atomic E-state index is 0.255. The number of aromatic nitrogens is 3. The molecule has 2 aromatic heterocycles. The Balaban J connectivity index is 2.00. The number of thioether (sulfide) groups is 1. The molecule has 1 fully saturated rings. The van der Waals surface area contributed by atoms with Gasteiger partial charge in [-0.25, -0.2) is 4.98 Å². The number of hydrogen-bond acceptors (Lipinski definition) is 5. The molecule has 2 N–H and O–H groups in total. The Morgan fingerprint density at radius 1 is 1.29 bits per heavy atom. The van der Waals surface area contributed by atoms with Crippen molar-refractivity contribution in [2.75, 3.05) is 19.1 Å². The Morgan fingerprint density at radius 3 is 2.71 bits per heavy atom. The molecule has 3 rings (SSSR count). The summed E-state index contributed by atoms with van der Waals surface area (Å²) >= 11 is 1.96. The van der Waals surface area contributed by atoms with Crippen molar-refractivity contribution in [3.8, 4) is 5.88 Å². The molecule has 114 valence electrons. The fourth-order valence-electron chi connectivity index (χ4n) is 3.18. The van der Waals surface area contributed by atoms with Crippen molar-refractivity contribution in [1.82, 2.24) is 14.5 Å². The number of methoxy groups -OCH3 is 1. The highest BCUT2D eigenvalue weighted by molar-refractivity contribution is 8.00. The van der Waals surface area contributed by atoms with Gasteiger partial charge in [-0.15, -0.1) is 0 Å². The van der Waals surface area contributed by atoms with Gasteiger partial charge in [0.15, 0.2) is 5.65 Å². The van der Waals surface area contributed by atoms with Gasteiger partial charge in [-0.2, -0.15) is 16.7 Å². The third-order valence-electron chi connectivity index (χ3n) is 4.45. The molecule has 1 aliphatic carbocycles. The predicted molar refractivity (Wildman–Crippen MR) is 87.8 cm³/mol. The zero-order chi connectivity index (χ0) is 14.9. The number of nitrogens with two attached hydrogens (primary N) is 1. The van der Waals surface area contributed by atoms with E-state index >= 15 is 0 Å². The second kappa shape index (κ2) is 5.75. The maximum absolute atomic E-state index is 6.14. The first-order valence-corrected chi connectivity index (χ1v) is 8.62. The summed E-state index contributed by atoms with van der Waals surface area (Å²) < 4.78 is 7.54. The van der Waals surface area contributed by atoms with Crippen molar-refractivity contribution >= 4 is 28.9 Å². The van der Waals surface area contributed by atoms with E-state index in [-0.39, 0.29) is 4.75 Å². The largest absolute Gasteiger partial charge is 0.481 e. The van der Waals surface area contributed by atoms with Gasteiger partial charge in [0, 0.05) is 17.4 Å². The maximum atomic E-state index is 6.14. The predicted octanol–water partition coefficient (Wildman–Crippen LogP) is 3.09. The van der Waals surface area contributed by atoms with Gasteiger partial charge in [-0.3, -0.25) is 4.57 Å². The first kappa shape index (κ1) is 14.5. The Labute approximate surface area is 129 Å². The average molecular weight is 306 g/mol. The lowest BCUT2D eigenvalue weighted by atomic mass is 9.88. The number of nitrogen functional groups attached to an aromatic ring is 1. The molecule has 0 saturated heterocycles. The van der Waals surface area contributed by atoms with Crippen molar-refractivity contribution in [2.24, 2.45) is 0 Å². The van der Waals surface area contributed by atoms with E-state index < -0.39 is 0 Å². The second-order valence-corrected chi connectivity index (χ2v) is 6.97. The van der Waals surface area contributed by atoms with E-state index in [1.165, 1.54) is 32.1 Å². The van der Waals surface area contributed by atoms with Crippen LogP contribution >= 0.6 is 11.8 Å². The highest BCUT2D eigenvalue weighted by Crippen LogP contribution is 2.41. The summed E-state index contributed by atoms with van der Waals surface area (Å²) in [6.45, 7) is 0.872. The fourth-order valence-corrected chi connectivity index (χ4v) is 4.14. The SMILES string of the molecule is COc1ccc2nc(N)n(CC3(SC)CCCCC3)c2n1. The molecule has 0 radical (unpaired) electrons. The number of anilines is 1. The van der Waals surface area contributed by atoms with Crippen LogP contribution in [0, 0.1) is 0 Å². The molecule has 6 heteroatoms. The van der Waals surface area contributed by atoms with Gasteiger partial charge < -0.3 is 10.5 Å². The van der Waals surface area contributed by atoms with Gasteiger partial charge in [-0.05, 0) is 25.2 Å². The van der Waals surface area contributed by atoms with Crippen LogP contribution in [0.2, 0.25) is 0 Å². The topological polar surface area (TPSA) is 66.0 Å².